The van der Waals surface area contributed by atoms with Gasteiger partial charge in [-0.05, 0) is 39.3 Å². The number of nitrogens with zero attached hydrogens (tertiary/aromatic N) is 2. The van der Waals surface area contributed by atoms with Gasteiger partial charge in [0.25, 0.3) is 10.0 Å². The first-order chi connectivity index (χ1) is 11.4. The molecule has 0 spiro atoms. The summed E-state index contributed by atoms with van der Waals surface area (Å²) in [5.74, 6) is 0.779. The van der Waals surface area contributed by atoms with E-state index in [1.807, 2.05) is 20.8 Å². The third kappa shape index (κ3) is 3.28. The van der Waals surface area contributed by atoms with E-state index in [0.717, 1.165) is 21.8 Å². The zero-order valence-corrected chi connectivity index (χ0v) is 15.1. The lowest BCUT2D eigenvalue weighted by Gasteiger charge is -2.03. The van der Waals surface area contributed by atoms with Crippen molar-refractivity contribution in [2.75, 3.05) is 6.54 Å². The lowest BCUT2D eigenvalue weighted by Crippen LogP contribution is -2.25. The van der Waals surface area contributed by atoms with Gasteiger partial charge in [0.2, 0.25) is 10.9 Å². The molecule has 0 atom stereocenters. The number of furan rings is 1. The average Bonchev–Trinajstić information content (AvgIpc) is 3.23. The van der Waals surface area contributed by atoms with Crippen LogP contribution in [0.25, 0.3) is 11.5 Å². The van der Waals surface area contributed by atoms with Crippen molar-refractivity contribution < 1.29 is 17.4 Å². The number of aromatic nitrogens is 2. The van der Waals surface area contributed by atoms with E-state index in [2.05, 4.69) is 14.9 Å². The van der Waals surface area contributed by atoms with Crippen LogP contribution in [0.3, 0.4) is 0 Å². The van der Waals surface area contributed by atoms with E-state index >= 15 is 0 Å². The minimum absolute atomic E-state index is 0.146. The van der Waals surface area contributed by atoms with Crippen molar-refractivity contribution in [1.29, 1.82) is 0 Å². The summed E-state index contributed by atoms with van der Waals surface area (Å²) in [7, 11) is -3.71. The van der Waals surface area contributed by atoms with Crippen LogP contribution in [0, 0.1) is 20.8 Å². The molecule has 0 saturated heterocycles. The molecule has 0 fully saturated rings. The monoisotopic (exact) mass is 367 g/mol. The molecule has 0 saturated carbocycles. The summed E-state index contributed by atoms with van der Waals surface area (Å²) in [4.78, 5) is 5.20. The Morgan fingerprint density at radius 1 is 1.21 bits per heavy atom. The molecule has 3 aromatic rings. The van der Waals surface area contributed by atoms with Gasteiger partial charge < -0.3 is 8.94 Å². The van der Waals surface area contributed by atoms with E-state index in [-0.39, 0.29) is 11.6 Å². The standard InChI is InChI=1S/C15H17N3O4S2/c1-9-10(2)18-22-15(9)12-4-5-14(21-12)24(19,20)17-7-6-13-11(3)16-8-23-13/h4-5,8,17H,6-7H2,1-3H3. The van der Waals surface area contributed by atoms with E-state index in [9.17, 15) is 8.42 Å². The van der Waals surface area contributed by atoms with Crippen LogP contribution in [0.15, 0.2) is 31.7 Å². The van der Waals surface area contributed by atoms with Gasteiger partial charge in [-0.3, -0.25) is 0 Å². The maximum absolute atomic E-state index is 12.3. The highest BCUT2D eigenvalue weighted by molar-refractivity contribution is 7.89. The molecular formula is C15H17N3O4S2. The van der Waals surface area contributed by atoms with Gasteiger partial charge in [-0.1, -0.05) is 5.16 Å². The van der Waals surface area contributed by atoms with Crippen LogP contribution < -0.4 is 4.72 Å². The van der Waals surface area contributed by atoms with Crippen LogP contribution >= 0.6 is 11.3 Å². The fraction of sp³-hybridized carbons (Fsp3) is 0.333. The molecule has 0 aliphatic carbocycles. The molecule has 0 unspecified atom stereocenters. The number of sulfonamides is 1. The molecular weight excluding hydrogens is 350 g/mol. The maximum atomic E-state index is 12.3. The summed E-state index contributed by atoms with van der Waals surface area (Å²) in [5, 5.41) is 3.70. The summed E-state index contributed by atoms with van der Waals surface area (Å²) in [6, 6.07) is 2.97. The van der Waals surface area contributed by atoms with Crippen molar-refractivity contribution in [2.45, 2.75) is 32.3 Å². The Morgan fingerprint density at radius 3 is 2.62 bits per heavy atom. The smallest absolute Gasteiger partial charge is 0.273 e. The molecule has 3 aromatic heterocycles. The Morgan fingerprint density at radius 2 is 2.00 bits per heavy atom. The predicted molar refractivity (Wildman–Crippen MR) is 89.4 cm³/mol. The van der Waals surface area contributed by atoms with E-state index in [1.165, 1.54) is 17.4 Å². The summed E-state index contributed by atoms with van der Waals surface area (Å²) in [5.41, 5.74) is 4.24. The van der Waals surface area contributed by atoms with E-state index < -0.39 is 10.0 Å². The Kier molecular flexibility index (Phi) is 4.57. The van der Waals surface area contributed by atoms with E-state index in [0.29, 0.717) is 17.9 Å². The molecule has 7 nitrogen and oxygen atoms in total. The minimum atomic E-state index is -3.71. The van der Waals surface area contributed by atoms with Gasteiger partial charge in [0, 0.05) is 17.0 Å². The zero-order chi connectivity index (χ0) is 17.3. The first-order valence-electron chi connectivity index (χ1n) is 7.30. The van der Waals surface area contributed by atoms with E-state index in [1.54, 1.807) is 11.6 Å². The number of hydrogen-bond acceptors (Lipinski definition) is 7. The number of aryl methyl sites for hydroxylation is 2. The topological polar surface area (TPSA) is 98.2 Å². The van der Waals surface area contributed by atoms with Crippen molar-refractivity contribution in [3.63, 3.8) is 0 Å². The third-order valence-corrected chi connectivity index (χ3v) is 6.04. The largest absolute Gasteiger partial charge is 0.440 e. The number of thiazole rings is 1. The third-order valence-electron chi connectivity index (χ3n) is 3.72. The van der Waals surface area contributed by atoms with Crippen LogP contribution in [0.5, 0.6) is 0 Å². The van der Waals surface area contributed by atoms with Crippen molar-refractivity contribution in [2.24, 2.45) is 0 Å². The van der Waals surface area contributed by atoms with Gasteiger partial charge in [0.15, 0.2) is 5.76 Å². The SMILES string of the molecule is Cc1ncsc1CCNS(=O)(=O)c1ccc(-c2onc(C)c2C)o1. The first-order valence-corrected chi connectivity index (χ1v) is 9.66. The molecule has 0 amide bonds. The second-order valence-corrected chi connectivity index (χ2v) is 7.99. The second kappa shape index (κ2) is 6.50. The van der Waals surface area contributed by atoms with Crippen molar-refractivity contribution in [3.05, 3.63) is 39.5 Å². The molecule has 24 heavy (non-hydrogen) atoms. The fourth-order valence-corrected chi connectivity index (χ4v) is 3.91. The normalized spacial score (nSPS) is 12.0. The van der Waals surface area contributed by atoms with Gasteiger partial charge >= 0.3 is 0 Å². The number of rotatable bonds is 6. The molecule has 0 radical (unpaired) electrons. The molecule has 3 rings (SSSR count). The fourth-order valence-electron chi connectivity index (χ4n) is 2.17. The van der Waals surface area contributed by atoms with Crippen LogP contribution in [-0.4, -0.2) is 25.1 Å². The van der Waals surface area contributed by atoms with Crippen LogP contribution in [-0.2, 0) is 16.4 Å². The van der Waals surface area contributed by atoms with Gasteiger partial charge in [0.1, 0.15) is 0 Å². The molecule has 128 valence electrons. The van der Waals surface area contributed by atoms with Gasteiger partial charge in [-0.2, -0.15) is 0 Å². The Hall–Kier alpha value is -1.97. The van der Waals surface area contributed by atoms with Gasteiger partial charge in [-0.25, -0.2) is 18.1 Å². The molecule has 1 N–H and O–H groups in total. The van der Waals surface area contributed by atoms with Crippen molar-refractivity contribution in [3.8, 4) is 11.5 Å². The lowest BCUT2D eigenvalue weighted by molar-refractivity contribution is 0.397. The number of nitrogens with one attached hydrogen (secondary N) is 1. The zero-order valence-electron chi connectivity index (χ0n) is 13.5. The highest BCUT2D eigenvalue weighted by Gasteiger charge is 2.22. The summed E-state index contributed by atoms with van der Waals surface area (Å²) >= 11 is 1.51. The summed E-state index contributed by atoms with van der Waals surface area (Å²) in [6.45, 7) is 5.84. The summed E-state index contributed by atoms with van der Waals surface area (Å²) < 4.78 is 37.8. The van der Waals surface area contributed by atoms with Crippen LogP contribution in [0.2, 0.25) is 0 Å². The highest BCUT2D eigenvalue weighted by atomic mass is 32.2. The van der Waals surface area contributed by atoms with E-state index in [4.69, 9.17) is 8.94 Å². The molecule has 0 aromatic carbocycles. The average molecular weight is 367 g/mol. The number of hydrogen-bond donors (Lipinski definition) is 1. The van der Waals surface area contributed by atoms with Gasteiger partial charge in [-0.15, -0.1) is 11.3 Å². The lowest BCUT2D eigenvalue weighted by atomic mass is 10.2. The Balaban J connectivity index is 1.71. The van der Waals surface area contributed by atoms with Crippen LogP contribution in [0.4, 0.5) is 0 Å². The highest BCUT2D eigenvalue weighted by Crippen LogP contribution is 2.28. The predicted octanol–water partition coefficient (Wildman–Crippen LogP) is 2.84. The Labute approximate surface area is 143 Å². The van der Waals surface area contributed by atoms with Gasteiger partial charge in [0.05, 0.1) is 16.9 Å². The summed E-state index contributed by atoms with van der Waals surface area (Å²) in [6.07, 6.45) is 0.587. The Bertz CT molecular complexity index is 953. The minimum Gasteiger partial charge on any atom is -0.440 e. The molecule has 0 aliphatic heterocycles. The molecule has 9 heteroatoms. The quantitative estimate of drug-likeness (QED) is 0.719. The molecule has 3 heterocycles. The van der Waals surface area contributed by atoms with Crippen molar-refractivity contribution in [1.82, 2.24) is 14.9 Å². The molecule has 0 aliphatic rings. The maximum Gasteiger partial charge on any atom is 0.273 e. The molecule has 0 bridgehead atoms. The first kappa shape index (κ1) is 16.9. The van der Waals surface area contributed by atoms with Crippen molar-refractivity contribution >= 4 is 21.4 Å². The second-order valence-electron chi connectivity index (χ2n) is 5.35. The van der Waals surface area contributed by atoms with Crippen LogP contribution in [0.1, 0.15) is 21.8 Å².